The van der Waals surface area contributed by atoms with Gasteiger partial charge in [-0.1, -0.05) is 41.0 Å². The summed E-state index contributed by atoms with van der Waals surface area (Å²) < 4.78 is 44.7. The molecule has 12 aromatic rings. The van der Waals surface area contributed by atoms with Crippen LogP contribution >= 0.6 is 0 Å². The Morgan fingerprint density at radius 3 is 0.832 bits per heavy atom. The van der Waals surface area contributed by atoms with Gasteiger partial charge in [-0.3, -0.25) is 0 Å². The molecule has 0 bridgehead atoms. The quantitative estimate of drug-likeness (QED) is 0.0579. The third-order valence-electron chi connectivity index (χ3n) is 26.6. The smallest absolute Gasteiger partial charge is 0.222 e. The first-order valence-corrected chi connectivity index (χ1v) is 44.8. The highest BCUT2D eigenvalue weighted by Crippen LogP contribution is 2.46. The highest BCUT2D eigenvalue weighted by Gasteiger charge is 2.55. The Hall–Kier alpha value is -9.09. The third-order valence-corrected chi connectivity index (χ3v) is 26.6. The lowest BCUT2D eigenvalue weighted by atomic mass is 9.97. The lowest BCUT2D eigenvalue weighted by Gasteiger charge is -2.23. The van der Waals surface area contributed by atoms with Crippen LogP contribution < -0.4 is 5.73 Å². The number of nitrogens with zero attached hydrogens (tertiary/aromatic N) is 13. The van der Waals surface area contributed by atoms with Gasteiger partial charge < -0.3 is 153 Å². The average molecular weight is 1820 g/mol. The van der Waals surface area contributed by atoms with Crippen molar-refractivity contribution in [1.29, 1.82) is 0 Å². The number of aliphatic hydroxyl groups is 18. The number of nitrogen functional groups attached to an aromatic ring is 1. The number of hydrogen-bond acceptors (Lipinski definition) is 32. The largest absolute Gasteiger partial charge is 0.391 e. The molecule has 2 saturated carbocycles. The summed E-state index contributed by atoms with van der Waals surface area (Å²) in [5, 5.41) is 189. The van der Waals surface area contributed by atoms with Crippen molar-refractivity contribution in [3.63, 3.8) is 0 Å². The van der Waals surface area contributed by atoms with Crippen molar-refractivity contribution >= 4 is 72.1 Å². The molecule has 6 aliphatic heterocycles. The van der Waals surface area contributed by atoms with Gasteiger partial charge in [-0.15, -0.1) is 0 Å². The molecular weight excluding hydrogens is 1700 g/mol. The van der Waals surface area contributed by atoms with Crippen LogP contribution in [0.4, 0.5) is 5.95 Å². The Bertz CT molecular complexity index is 5420. The van der Waals surface area contributed by atoms with Crippen molar-refractivity contribution in [3.8, 4) is 0 Å². The van der Waals surface area contributed by atoms with Gasteiger partial charge >= 0.3 is 0 Å². The molecule has 0 radical (unpaired) electrons. The molecule has 6 saturated heterocycles. The zero-order chi connectivity index (χ0) is 94.1. The van der Waals surface area contributed by atoms with Gasteiger partial charge in [0, 0.05) is 100 Å². The van der Waals surface area contributed by atoms with Crippen molar-refractivity contribution in [2.24, 2.45) is 23.7 Å². The predicted octanol–water partition coefficient (Wildman–Crippen LogP) is 3.88. The van der Waals surface area contributed by atoms with E-state index >= 15 is 0 Å². The number of aliphatic hydroxyl groups excluding tert-OH is 18. The summed E-state index contributed by atoms with van der Waals surface area (Å²) in [6, 6.07) is 21.0. The van der Waals surface area contributed by atoms with Crippen LogP contribution in [0.3, 0.4) is 0 Å². The molecule has 710 valence electrons. The lowest BCUT2D eigenvalue weighted by Crippen LogP contribution is -2.41. The number of nitrogens with two attached hydrogens (primary N) is 1. The van der Waals surface area contributed by atoms with Gasteiger partial charge in [-0.25, -0.2) is 29.9 Å². The van der Waals surface area contributed by atoms with Gasteiger partial charge in [-0.2, -0.15) is 4.98 Å². The second-order valence-corrected chi connectivity index (χ2v) is 36.6. The van der Waals surface area contributed by atoms with E-state index in [-0.39, 0.29) is 29.6 Å². The van der Waals surface area contributed by atoms with Crippen LogP contribution in [0.1, 0.15) is 151 Å². The SMILES string of the molecule is CCCC(O)C1OC(n2ccc3c(C)nc(N)nc32)C(O)C1O.Cc1ccnc2c1ccn2C1OC(C(C)O)C(O)C1O.Cc1ccnc2c1ccn2C1OC(C(O)C(C)C)C(O)C1O.Cc1ccnc2c1ccn2C1OC(C(O)C(C)C)C(O)C1O.Cc1ccnc2c1ccn2C1OC(C(O)C2CC2)C(O)C1O.Cc1ccnc2c1ccn2C1OC(C(O)C2CC2)C(O)C1O. The van der Waals surface area contributed by atoms with E-state index in [0.29, 0.717) is 40.3 Å². The van der Waals surface area contributed by atoms with Crippen molar-refractivity contribution < 1.29 is 120 Å². The Balaban J connectivity index is 0.000000120. The topological polar surface area (TPSA) is 565 Å². The molecule has 2 aliphatic carbocycles. The van der Waals surface area contributed by atoms with Gasteiger partial charge in [0.05, 0.1) is 42.3 Å². The highest BCUT2D eigenvalue weighted by atomic mass is 16.6. The molecule has 38 heteroatoms. The van der Waals surface area contributed by atoms with Crippen LogP contribution in [0.15, 0.2) is 135 Å². The van der Waals surface area contributed by atoms with Crippen LogP contribution in [0.25, 0.3) is 66.2 Å². The Morgan fingerprint density at radius 2 is 0.565 bits per heavy atom. The summed E-state index contributed by atoms with van der Waals surface area (Å²) in [4.78, 5) is 30.0. The van der Waals surface area contributed by atoms with Crippen LogP contribution in [0, 0.1) is 65.2 Å². The zero-order valence-corrected chi connectivity index (χ0v) is 75.0. The number of fused-ring (bicyclic) bond motifs is 6. The minimum absolute atomic E-state index is 0.0765. The summed E-state index contributed by atoms with van der Waals surface area (Å²) in [6.07, 6.45) is -3.44. The molecular formula is C93H124N14O24. The maximum atomic E-state index is 10.3. The van der Waals surface area contributed by atoms with E-state index in [1.807, 2.05) is 143 Å². The Morgan fingerprint density at radius 1 is 0.321 bits per heavy atom. The first kappa shape index (κ1) is 96.5. The first-order valence-electron chi connectivity index (χ1n) is 44.8. The van der Waals surface area contributed by atoms with Crippen LogP contribution in [0.5, 0.6) is 0 Å². The third kappa shape index (κ3) is 19.0. The number of rotatable bonds is 18. The monoisotopic (exact) mass is 1820 g/mol. The van der Waals surface area contributed by atoms with Crippen LogP contribution in [-0.4, -0.2) is 301 Å². The zero-order valence-electron chi connectivity index (χ0n) is 75.0. The predicted molar refractivity (Wildman–Crippen MR) is 476 cm³/mol. The molecule has 20 rings (SSSR count). The number of pyridine rings is 5. The summed E-state index contributed by atoms with van der Waals surface area (Å²) in [5.41, 5.74) is 15.8. The molecule has 8 aliphatic rings. The van der Waals surface area contributed by atoms with E-state index in [4.69, 9.17) is 34.2 Å². The number of hydrogen-bond donors (Lipinski definition) is 19. The number of aryl methyl sites for hydroxylation is 6. The fourth-order valence-corrected chi connectivity index (χ4v) is 18.4. The summed E-state index contributed by atoms with van der Waals surface area (Å²) in [6.45, 7) is 22.6. The fourth-order valence-electron chi connectivity index (χ4n) is 18.4. The van der Waals surface area contributed by atoms with Crippen molar-refractivity contribution in [2.75, 3.05) is 5.73 Å². The van der Waals surface area contributed by atoms with Crippen molar-refractivity contribution in [2.45, 2.75) is 305 Å². The molecule has 12 aromatic heterocycles. The minimum atomic E-state index is -1.17. The Kier molecular flexibility index (Phi) is 29.3. The highest BCUT2D eigenvalue weighted by molar-refractivity contribution is 5.83. The molecule has 131 heavy (non-hydrogen) atoms. The van der Waals surface area contributed by atoms with Gasteiger partial charge in [0.1, 0.15) is 144 Å². The standard InChI is InChI=1S/2C16H20N2O4.2C16H22N2O4.C15H22N4O4.C14H18N2O4/c2*1-8-4-6-17-15-10(8)5-7-18(15)16-13(21)12(20)14(22-16)11(19)9-2-3-9;2*1-8(2)11(19)14-12(20)13(21)16(22-14)18-7-5-10-9(3)4-6-17-15(10)18;1-3-4-9(20)12-10(21)11(22)14(23-12)19-6-5-8-7(2)17-15(16)18-13(8)19;1-7-3-5-15-13-9(7)4-6-16(13)14-11(19)10(18)12(20-14)8(2)17/h2*4-7,9,11-14,16,19-21H,2-3H2,1H3;2*4-8,11-14,16,19-21H,1-3H3;5-6,9-12,14,20-22H,3-4H2,1-2H3,(H2,16,17,18);3-6,8,10-12,14,17-19H,1-2H3. The molecule has 8 fully saturated rings. The van der Waals surface area contributed by atoms with Gasteiger partial charge in [0.15, 0.2) is 37.4 Å². The molecule has 20 N–H and O–H groups in total. The van der Waals surface area contributed by atoms with Gasteiger partial charge in [0.25, 0.3) is 0 Å². The molecule has 18 heterocycles. The number of aromatic nitrogens is 13. The van der Waals surface area contributed by atoms with Gasteiger partial charge in [0.2, 0.25) is 5.95 Å². The van der Waals surface area contributed by atoms with Crippen LogP contribution in [-0.2, 0) is 28.4 Å². The maximum Gasteiger partial charge on any atom is 0.222 e. The number of ether oxygens (including phenoxy) is 6. The van der Waals surface area contributed by atoms with Gasteiger partial charge in [-0.05, 0) is 199 Å². The van der Waals surface area contributed by atoms with E-state index < -0.39 is 184 Å². The van der Waals surface area contributed by atoms with E-state index in [0.717, 1.165) is 97.9 Å². The summed E-state index contributed by atoms with van der Waals surface area (Å²) in [5.74, 6) is 0.324. The average Bonchev–Trinajstić information content (AvgIpc) is 1.64. The first-order chi connectivity index (χ1) is 62.4. The van der Waals surface area contributed by atoms with E-state index in [1.165, 1.54) is 6.92 Å². The number of anilines is 1. The van der Waals surface area contributed by atoms with E-state index in [1.54, 1.807) is 95.6 Å². The molecule has 0 amide bonds. The molecule has 0 spiro atoms. The second-order valence-electron chi connectivity index (χ2n) is 36.6. The lowest BCUT2D eigenvalue weighted by molar-refractivity contribution is -0.0961. The summed E-state index contributed by atoms with van der Waals surface area (Å²) >= 11 is 0. The van der Waals surface area contributed by atoms with Crippen LogP contribution in [0.2, 0.25) is 0 Å². The molecule has 30 unspecified atom stereocenters. The second kappa shape index (κ2) is 39.8. The minimum Gasteiger partial charge on any atom is -0.391 e. The van der Waals surface area contributed by atoms with E-state index in [2.05, 4.69) is 34.9 Å². The normalized spacial score (nSPS) is 31.4. The fraction of sp³-hybridized carbons (Fsp3) is 0.559. The summed E-state index contributed by atoms with van der Waals surface area (Å²) in [7, 11) is 0. The molecule has 38 nitrogen and oxygen atoms in total. The molecule has 30 atom stereocenters. The molecule has 0 aromatic carbocycles. The maximum absolute atomic E-state index is 10.3. The van der Waals surface area contributed by atoms with E-state index in [9.17, 15) is 91.9 Å². The Labute approximate surface area is 754 Å². The van der Waals surface area contributed by atoms with Crippen molar-refractivity contribution in [1.82, 2.24) is 62.3 Å². The van der Waals surface area contributed by atoms with Crippen molar-refractivity contribution in [3.05, 3.63) is 168 Å².